The predicted molar refractivity (Wildman–Crippen MR) is 120 cm³/mol. The van der Waals surface area contributed by atoms with Crippen LogP contribution in [0.4, 0.5) is 5.95 Å². The number of hydrogen-bond acceptors (Lipinski definition) is 7. The molecule has 2 aliphatic rings. The van der Waals surface area contributed by atoms with Crippen LogP contribution in [0.15, 0.2) is 36.7 Å². The maximum absolute atomic E-state index is 4.70. The van der Waals surface area contributed by atoms with Crippen LogP contribution in [-0.4, -0.2) is 84.7 Å². The first-order valence-corrected chi connectivity index (χ1v) is 11.0. The summed E-state index contributed by atoms with van der Waals surface area (Å²) in [6.45, 7) is 4.72. The Balaban J connectivity index is 1.16. The number of fused-ring (bicyclic) bond motifs is 2. The Morgan fingerprint density at radius 2 is 1.84 bits per heavy atom. The summed E-state index contributed by atoms with van der Waals surface area (Å²) in [5, 5.41) is 16.5. The smallest absolute Gasteiger partial charge is 0.241 e. The number of likely N-dealkylation sites (N-methyl/N-ethyl adjacent to an activating group) is 1. The number of hydrogen-bond donors (Lipinski definition) is 1. The molecular weight excluding hydrogens is 390 g/mol. The van der Waals surface area contributed by atoms with Gasteiger partial charge in [-0.3, -0.25) is 4.90 Å². The number of nitrogens with zero attached hydrogens (tertiary/aromatic N) is 8. The molecule has 3 aromatic heterocycles. The molecule has 1 aromatic carbocycles. The van der Waals surface area contributed by atoms with E-state index < -0.39 is 0 Å². The van der Waals surface area contributed by atoms with E-state index in [1.54, 1.807) is 4.68 Å². The summed E-state index contributed by atoms with van der Waals surface area (Å²) in [6, 6.07) is 9.44. The minimum Gasteiger partial charge on any atom is -0.350 e. The van der Waals surface area contributed by atoms with Gasteiger partial charge >= 0.3 is 0 Å². The topological polar surface area (TPSA) is 79.4 Å². The van der Waals surface area contributed by atoms with Crippen LogP contribution in [0.5, 0.6) is 0 Å². The second-order valence-corrected chi connectivity index (χ2v) is 8.86. The van der Waals surface area contributed by atoms with E-state index >= 15 is 0 Å². The lowest BCUT2D eigenvalue weighted by Crippen LogP contribution is -2.55. The first-order chi connectivity index (χ1) is 15.1. The van der Waals surface area contributed by atoms with Gasteiger partial charge in [0.1, 0.15) is 5.52 Å². The first-order valence-electron chi connectivity index (χ1n) is 11.0. The number of benzene rings is 1. The van der Waals surface area contributed by atoms with Crippen molar-refractivity contribution in [2.75, 3.05) is 38.5 Å². The Kier molecular flexibility index (Phi) is 4.39. The Bertz CT molecular complexity index is 1230. The quantitative estimate of drug-likeness (QED) is 0.543. The molecule has 1 aliphatic heterocycles. The zero-order valence-electron chi connectivity index (χ0n) is 17.9. The van der Waals surface area contributed by atoms with Crippen LogP contribution < -0.4 is 5.32 Å². The second-order valence-electron chi connectivity index (χ2n) is 8.86. The maximum atomic E-state index is 4.70. The molecule has 9 nitrogen and oxygen atoms in total. The van der Waals surface area contributed by atoms with Crippen molar-refractivity contribution in [1.29, 1.82) is 0 Å². The summed E-state index contributed by atoms with van der Waals surface area (Å²) in [6.07, 6.45) is 6.24. The van der Waals surface area contributed by atoms with E-state index in [-0.39, 0.29) is 0 Å². The Hall–Kier alpha value is -3.04. The van der Waals surface area contributed by atoms with Crippen molar-refractivity contribution in [2.24, 2.45) is 7.05 Å². The minimum atomic E-state index is 0.455. The first kappa shape index (κ1) is 18.7. The molecule has 0 radical (unpaired) electrons. The van der Waals surface area contributed by atoms with Gasteiger partial charge in [-0.2, -0.15) is 0 Å². The summed E-state index contributed by atoms with van der Waals surface area (Å²) in [7, 11) is 4.11. The van der Waals surface area contributed by atoms with Gasteiger partial charge in [-0.15, -0.1) is 10.2 Å². The predicted octanol–water partition coefficient (Wildman–Crippen LogP) is 1.87. The van der Waals surface area contributed by atoms with Gasteiger partial charge in [-0.1, -0.05) is 11.3 Å². The van der Waals surface area contributed by atoms with Gasteiger partial charge in [0.05, 0.1) is 17.2 Å². The van der Waals surface area contributed by atoms with Gasteiger partial charge < -0.3 is 10.2 Å². The van der Waals surface area contributed by atoms with Gasteiger partial charge in [-0.05, 0) is 43.7 Å². The Morgan fingerprint density at radius 3 is 2.68 bits per heavy atom. The Labute approximate surface area is 180 Å². The van der Waals surface area contributed by atoms with Gasteiger partial charge in [0, 0.05) is 57.1 Å². The maximum Gasteiger partial charge on any atom is 0.241 e. The van der Waals surface area contributed by atoms with E-state index in [0.29, 0.717) is 18.0 Å². The normalized spacial score (nSPS) is 22.8. The number of rotatable bonds is 4. The number of anilines is 1. The fourth-order valence-corrected chi connectivity index (χ4v) is 4.78. The van der Waals surface area contributed by atoms with Crippen molar-refractivity contribution >= 4 is 22.5 Å². The van der Waals surface area contributed by atoms with Crippen molar-refractivity contribution in [3.8, 4) is 11.1 Å². The summed E-state index contributed by atoms with van der Waals surface area (Å²) in [5.74, 6) is 0.697. The van der Waals surface area contributed by atoms with Crippen molar-refractivity contribution in [2.45, 2.75) is 24.9 Å². The van der Waals surface area contributed by atoms with E-state index in [4.69, 9.17) is 5.10 Å². The Morgan fingerprint density at radius 1 is 1.00 bits per heavy atom. The fourth-order valence-electron chi connectivity index (χ4n) is 4.78. The zero-order valence-corrected chi connectivity index (χ0v) is 17.9. The molecule has 1 saturated carbocycles. The molecule has 0 bridgehead atoms. The largest absolute Gasteiger partial charge is 0.350 e. The lowest BCUT2D eigenvalue weighted by molar-refractivity contribution is 0.0656. The average molecular weight is 418 g/mol. The van der Waals surface area contributed by atoms with Gasteiger partial charge in [0.2, 0.25) is 5.95 Å². The van der Waals surface area contributed by atoms with E-state index in [1.807, 2.05) is 30.0 Å². The standard InChI is InChI=1S/C22H27N9/c1-28-7-9-30(10-8-28)17-12-16(13-17)24-22-23-14-21-18(5-6-31(21)26-22)15-3-4-19-20(11-15)29(2)27-25-19/h3-6,11,14,16-17H,7-10,12-13H2,1-2H3,(H,24,26). The molecule has 0 atom stereocenters. The zero-order chi connectivity index (χ0) is 20.9. The van der Waals surface area contributed by atoms with Crippen molar-refractivity contribution in [3.63, 3.8) is 0 Å². The summed E-state index contributed by atoms with van der Waals surface area (Å²) >= 11 is 0. The third-order valence-electron chi connectivity index (χ3n) is 6.84. The number of nitrogens with one attached hydrogen (secondary N) is 1. The molecule has 0 unspecified atom stereocenters. The lowest BCUT2D eigenvalue weighted by Gasteiger charge is -2.46. The number of aryl methyl sites for hydroxylation is 1. The van der Waals surface area contributed by atoms with E-state index in [9.17, 15) is 0 Å². The molecule has 160 valence electrons. The number of aromatic nitrogens is 6. The lowest BCUT2D eigenvalue weighted by atomic mass is 9.85. The van der Waals surface area contributed by atoms with Crippen molar-refractivity contribution < 1.29 is 0 Å². The van der Waals surface area contributed by atoms with Crippen LogP contribution in [-0.2, 0) is 7.05 Å². The third-order valence-corrected chi connectivity index (χ3v) is 6.84. The molecule has 31 heavy (non-hydrogen) atoms. The summed E-state index contributed by atoms with van der Waals surface area (Å²) in [5.41, 5.74) is 5.11. The molecule has 6 rings (SSSR count). The van der Waals surface area contributed by atoms with E-state index in [0.717, 1.165) is 27.7 Å². The van der Waals surface area contributed by atoms with Crippen molar-refractivity contribution in [1.82, 2.24) is 39.4 Å². The second kappa shape index (κ2) is 7.28. The van der Waals surface area contributed by atoms with Gasteiger partial charge in [0.25, 0.3) is 0 Å². The molecule has 2 fully saturated rings. The molecule has 9 heteroatoms. The minimum absolute atomic E-state index is 0.455. The summed E-state index contributed by atoms with van der Waals surface area (Å²) in [4.78, 5) is 9.65. The highest BCUT2D eigenvalue weighted by atomic mass is 15.4. The molecule has 1 aliphatic carbocycles. The number of piperazine rings is 1. The molecule has 1 saturated heterocycles. The van der Waals surface area contributed by atoms with Gasteiger partial charge in [0.15, 0.2) is 0 Å². The molecule has 4 aromatic rings. The van der Waals surface area contributed by atoms with Crippen molar-refractivity contribution in [3.05, 3.63) is 36.7 Å². The average Bonchev–Trinajstić information content (AvgIpc) is 3.34. The highest BCUT2D eigenvalue weighted by molar-refractivity contribution is 5.87. The fraction of sp³-hybridized carbons (Fsp3) is 0.455. The van der Waals surface area contributed by atoms with Crippen LogP contribution in [0.3, 0.4) is 0 Å². The molecule has 0 amide bonds. The molecule has 0 spiro atoms. The van der Waals surface area contributed by atoms with Crippen LogP contribution in [0.1, 0.15) is 12.8 Å². The van der Waals surface area contributed by atoms with Crippen LogP contribution in [0.25, 0.3) is 27.7 Å². The van der Waals surface area contributed by atoms with Crippen LogP contribution in [0, 0.1) is 0 Å². The molecule has 4 heterocycles. The third kappa shape index (κ3) is 3.34. The summed E-state index contributed by atoms with van der Waals surface area (Å²) < 4.78 is 3.70. The monoisotopic (exact) mass is 417 g/mol. The molecule has 1 N–H and O–H groups in total. The molecular formula is C22H27N9. The van der Waals surface area contributed by atoms with E-state index in [2.05, 4.69) is 55.7 Å². The van der Waals surface area contributed by atoms with Crippen LogP contribution in [0.2, 0.25) is 0 Å². The SMILES string of the molecule is CN1CCN(C2CC(Nc3ncc4c(-c5ccc6nnn(C)c6c5)ccn4n3)C2)CC1. The van der Waals surface area contributed by atoms with Gasteiger partial charge in [-0.25, -0.2) is 14.2 Å². The highest BCUT2D eigenvalue weighted by Gasteiger charge is 2.35. The van der Waals surface area contributed by atoms with E-state index in [1.165, 1.54) is 39.0 Å². The van der Waals surface area contributed by atoms with Crippen LogP contribution >= 0.6 is 0 Å². The highest BCUT2D eigenvalue weighted by Crippen LogP contribution is 2.30.